The van der Waals surface area contributed by atoms with Crippen LogP contribution in [0.15, 0.2) is 42.5 Å². The van der Waals surface area contributed by atoms with E-state index in [2.05, 4.69) is 5.10 Å². The molecule has 0 saturated carbocycles. The number of nitrogens with two attached hydrogens (primary N) is 1. The van der Waals surface area contributed by atoms with E-state index in [1.54, 1.807) is 0 Å². The summed E-state index contributed by atoms with van der Waals surface area (Å²) in [7, 11) is 0. The number of anilines is 1. The van der Waals surface area contributed by atoms with Gasteiger partial charge in [0.1, 0.15) is 28.8 Å². The van der Waals surface area contributed by atoms with Crippen molar-refractivity contribution in [2.45, 2.75) is 18.8 Å². The molecule has 0 spiro atoms. The van der Waals surface area contributed by atoms with Crippen molar-refractivity contribution in [3.05, 3.63) is 76.7 Å². The number of carbonyl (C=O) groups is 2. The van der Waals surface area contributed by atoms with Gasteiger partial charge in [0.15, 0.2) is 6.61 Å². The summed E-state index contributed by atoms with van der Waals surface area (Å²) in [5.74, 6) is -4.76. The normalized spacial score (nSPS) is 14.3. The number of Topliss-reactive ketones (excluding diaryl/α,β-unsaturated/α-hetero) is 1. The summed E-state index contributed by atoms with van der Waals surface area (Å²) in [6.07, 6.45) is 1.17. The number of ether oxygens (including phenoxy) is 2. The van der Waals surface area contributed by atoms with Gasteiger partial charge < -0.3 is 15.2 Å². The smallest absolute Gasteiger partial charge is 0.344 e. The molecular weight excluding hydrogens is 439 g/mol. The molecule has 2 aromatic carbocycles. The summed E-state index contributed by atoms with van der Waals surface area (Å²) in [5, 5.41) is 4.48. The molecule has 4 rings (SSSR count). The highest BCUT2D eigenvalue weighted by molar-refractivity contribution is 6.01. The Kier molecular flexibility index (Phi) is 6.45. The molecule has 1 aliphatic heterocycles. The quantitative estimate of drug-likeness (QED) is 0.445. The van der Waals surface area contributed by atoms with E-state index in [4.69, 9.17) is 15.2 Å². The largest absolute Gasteiger partial charge is 0.454 e. The molecule has 2 heterocycles. The SMILES string of the molecule is Nc1c(C(=O)OCC(=O)c2c(F)cccc2F)c(C2CCOCC2)nn1-c1ccc(F)cc1. The van der Waals surface area contributed by atoms with Crippen LogP contribution in [-0.2, 0) is 9.47 Å². The molecule has 0 atom stereocenters. The maximum absolute atomic E-state index is 13.9. The second-order valence-corrected chi connectivity index (χ2v) is 7.52. The van der Waals surface area contributed by atoms with Crippen LogP contribution in [0.4, 0.5) is 19.0 Å². The number of nitrogens with zero attached hydrogens (tertiary/aromatic N) is 2. The van der Waals surface area contributed by atoms with Crippen molar-refractivity contribution in [1.29, 1.82) is 0 Å². The summed E-state index contributed by atoms with van der Waals surface area (Å²) >= 11 is 0. The van der Waals surface area contributed by atoms with Crippen LogP contribution in [0.5, 0.6) is 0 Å². The van der Waals surface area contributed by atoms with E-state index in [9.17, 15) is 22.8 Å². The molecular formula is C23H20F3N3O4. The molecule has 1 aromatic heterocycles. The Balaban J connectivity index is 1.64. The molecule has 1 fully saturated rings. The first-order valence-corrected chi connectivity index (χ1v) is 10.2. The van der Waals surface area contributed by atoms with Crippen molar-refractivity contribution in [3.8, 4) is 5.69 Å². The number of rotatable bonds is 6. The predicted molar refractivity (Wildman–Crippen MR) is 112 cm³/mol. The van der Waals surface area contributed by atoms with E-state index in [0.717, 1.165) is 18.2 Å². The van der Waals surface area contributed by atoms with E-state index >= 15 is 0 Å². The highest BCUT2D eigenvalue weighted by Gasteiger charge is 2.31. The van der Waals surface area contributed by atoms with Crippen LogP contribution in [0, 0.1) is 17.5 Å². The van der Waals surface area contributed by atoms with Gasteiger partial charge in [-0.1, -0.05) is 6.07 Å². The number of nitrogen functional groups attached to an aromatic ring is 1. The van der Waals surface area contributed by atoms with Gasteiger partial charge in [-0.3, -0.25) is 4.79 Å². The third-order valence-electron chi connectivity index (χ3n) is 5.41. The minimum Gasteiger partial charge on any atom is -0.454 e. The average molecular weight is 459 g/mol. The maximum Gasteiger partial charge on any atom is 0.344 e. The first kappa shape index (κ1) is 22.5. The number of benzene rings is 2. The van der Waals surface area contributed by atoms with Gasteiger partial charge >= 0.3 is 5.97 Å². The highest BCUT2D eigenvalue weighted by Crippen LogP contribution is 2.33. The fourth-order valence-corrected chi connectivity index (χ4v) is 3.73. The third-order valence-corrected chi connectivity index (χ3v) is 5.41. The minimum absolute atomic E-state index is 0.0481. The van der Waals surface area contributed by atoms with Gasteiger partial charge in [0.2, 0.25) is 5.78 Å². The first-order valence-electron chi connectivity index (χ1n) is 10.2. The molecule has 3 aromatic rings. The van der Waals surface area contributed by atoms with Crippen molar-refractivity contribution >= 4 is 17.6 Å². The molecule has 10 heteroatoms. The summed E-state index contributed by atoms with van der Waals surface area (Å²) in [6.45, 7) is 0.0477. The Morgan fingerprint density at radius 1 is 1.03 bits per heavy atom. The van der Waals surface area contributed by atoms with Crippen LogP contribution in [0.2, 0.25) is 0 Å². The van der Waals surface area contributed by atoms with Crippen molar-refractivity contribution in [3.63, 3.8) is 0 Å². The number of hydrogen-bond donors (Lipinski definition) is 1. The lowest BCUT2D eigenvalue weighted by atomic mass is 9.93. The molecule has 33 heavy (non-hydrogen) atoms. The van der Waals surface area contributed by atoms with Crippen LogP contribution in [0.1, 0.15) is 45.2 Å². The summed E-state index contributed by atoms with van der Waals surface area (Å²) in [4.78, 5) is 25.2. The number of esters is 1. The maximum atomic E-state index is 13.9. The van der Waals surface area contributed by atoms with E-state index in [1.807, 2.05) is 0 Å². The Hall–Kier alpha value is -3.66. The number of aromatic nitrogens is 2. The Morgan fingerprint density at radius 2 is 1.67 bits per heavy atom. The predicted octanol–water partition coefficient (Wildman–Crippen LogP) is 3.81. The lowest BCUT2D eigenvalue weighted by Crippen LogP contribution is -2.20. The molecule has 172 valence electrons. The summed E-state index contributed by atoms with van der Waals surface area (Å²) in [6, 6.07) is 8.35. The Bertz CT molecular complexity index is 1170. The number of ketones is 1. The van der Waals surface area contributed by atoms with Gasteiger partial charge in [-0.05, 0) is 49.2 Å². The van der Waals surface area contributed by atoms with Crippen molar-refractivity contribution < 1.29 is 32.2 Å². The third kappa shape index (κ3) is 4.61. The first-order chi connectivity index (χ1) is 15.9. The fourth-order valence-electron chi connectivity index (χ4n) is 3.73. The number of halogens is 3. The van der Waals surface area contributed by atoms with Crippen LogP contribution >= 0.6 is 0 Å². The van der Waals surface area contributed by atoms with E-state index in [-0.39, 0.29) is 17.3 Å². The molecule has 2 N–H and O–H groups in total. The standard InChI is InChI=1S/C23H20F3N3O4/c24-14-4-6-15(7-5-14)29-22(27)20(21(28-29)13-8-10-32-11-9-13)23(31)33-12-18(30)19-16(25)2-1-3-17(19)26/h1-7,13H,8-12,27H2. The van der Waals surface area contributed by atoms with Crippen LogP contribution in [0.25, 0.3) is 5.69 Å². The topological polar surface area (TPSA) is 96.4 Å². The van der Waals surface area contributed by atoms with Gasteiger partial charge in [0.05, 0.1) is 16.9 Å². The van der Waals surface area contributed by atoms with Gasteiger partial charge in [0.25, 0.3) is 0 Å². The summed E-state index contributed by atoms with van der Waals surface area (Å²) < 4.78 is 52.8. The molecule has 0 amide bonds. The van der Waals surface area contributed by atoms with Crippen molar-refractivity contribution in [2.75, 3.05) is 25.6 Å². The zero-order chi connectivity index (χ0) is 23.5. The Labute approximate surface area is 186 Å². The zero-order valence-electron chi connectivity index (χ0n) is 17.4. The lowest BCUT2D eigenvalue weighted by molar-refractivity contribution is 0.0468. The van der Waals surface area contributed by atoms with Gasteiger partial charge in [-0.2, -0.15) is 5.10 Å². The Morgan fingerprint density at radius 3 is 2.30 bits per heavy atom. The van der Waals surface area contributed by atoms with E-state index in [1.165, 1.54) is 28.9 Å². The second kappa shape index (κ2) is 9.45. The lowest BCUT2D eigenvalue weighted by Gasteiger charge is -2.21. The zero-order valence-corrected chi connectivity index (χ0v) is 17.4. The van der Waals surface area contributed by atoms with Crippen molar-refractivity contribution in [2.24, 2.45) is 0 Å². The van der Waals surface area contributed by atoms with Crippen LogP contribution < -0.4 is 5.73 Å². The summed E-state index contributed by atoms with van der Waals surface area (Å²) in [5.41, 5.74) is 6.16. The van der Waals surface area contributed by atoms with Gasteiger partial charge in [0, 0.05) is 19.1 Å². The molecule has 0 unspecified atom stereocenters. The number of carbonyl (C=O) groups excluding carboxylic acids is 2. The average Bonchev–Trinajstić information content (AvgIpc) is 3.15. The van der Waals surface area contributed by atoms with Crippen molar-refractivity contribution in [1.82, 2.24) is 9.78 Å². The minimum atomic E-state index is -1.05. The van der Waals surface area contributed by atoms with E-state index in [0.29, 0.717) is 37.4 Å². The van der Waals surface area contributed by atoms with Crippen LogP contribution in [0.3, 0.4) is 0 Å². The van der Waals surface area contributed by atoms with Gasteiger partial charge in [-0.25, -0.2) is 22.6 Å². The molecule has 1 saturated heterocycles. The molecule has 0 radical (unpaired) electrons. The second-order valence-electron chi connectivity index (χ2n) is 7.52. The molecule has 0 aliphatic carbocycles. The number of hydrogen-bond acceptors (Lipinski definition) is 6. The fraction of sp³-hybridized carbons (Fsp3) is 0.261. The van der Waals surface area contributed by atoms with Crippen LogP contribution in [-0.4, -0.2) is 41.4 Å². The van der Waals surface area contributed by atoms with Gasteiger partial charge in [-0.15, -0.1) is 0 Å². The molecule has 7 nitrogen and oxygen atoms in total. The molecule has 0 bridgehead atoms. The highest BCUT2D eigenvalue weighted by atomic mass is 19.1. The van der Waals surface area contributed by atoms with E-state index < -0.39 is 41.4 Å². The molecule has 1 aliphatic rings. The monoisotopic (exact) mass is 459 g/mol.